The van der Waals surface area contributed by atoms with E-state index in [-0.39, 0.29) is 5.56 Å². The van der Waals surface area contributed by atoms with E-state index >= 15 is 0 Å². The van der Waals surface area contributed by atoms with Crippen LogP contribution in [0.5, 0.6) is 0 Å². The summed E-state index contributed by atoms with van der Waals surface area (Å²) in [7, 11) is 0. The zero-order valence-electron chi connectivity index (χ0n) is 11.6. The van der Waals surface area contributed by atoms with E-state index in [2.05, 4.69) is 5.10 Å². The molecule has 0 aliphatic heterocycles. The summed E-state index contributed by atoms with van der Waals surface area (Å²) in [6.45, 7) is 0. The fourth-order valence-corrected chi connectivity index (χ4v) is 3.09. The van der Waals surface area contributed by atoms with Crippen LogP contribution in [0.4, 0.5) is 0 Å². The highest BCUT2D eigenvalue weighted by atomic mass is 16.1. The molecule has 20 heavy (non-hydrogen) atoms. The summed E-state index contributed by atoms with van der Waals surface area (Å²) in [5.41, 5.74) is 3.39. The molecule has 1 N–H and O–H groups in total. The molecule has 3 heteroatoms. The van der Waals surface area contributed by atoms with E-state index in [0.717, 1.165) is 23.6 Å². The van der Waals surface area contributed by atoms with Crippen LogP contribution < -0.4 is 5.56 Å². The number of aromatic amines is 1. The summed E-state index contributed by atoms with van der Waals surface area (Å²) in [5.74, 6) is 1.34. The number of para-hydroxylation sites is 1. The van der Waals surface area contributed by atoms with Gasteiger partial charge in [0.2, 0.25) is 0 Å². The smallest absolute Gasteiger partial charge is 0.274 e. The molecule has 0 unspecified atom stereocenters. The van der Waals surface area contributed by atoms with Crippen LogP contribution in [0.1, 0.15) is 49.3 Å². The van der Waals surface area contributed by atoms with Crippen LogP contribution in [0.3, 0.4) is 0 Å². The zero-order valence-corrected chi connectivity index (χ0v) is 11.6. The van der Waals surface area contributed by atoms with Crippen molar-refractivity contribution in [1.82, 2.24) is 9.78 Å². The number of nitrogens with zero attached hydrogens (tertiary/aromatic N) is 1. The third-order valence-electron chi connectivity index (χ3n) is 4.74. The summed E-state index contributed by atoms with van der Waals surface area (Å²) in [5, 5.41) is 3.41. The lowest BCUT2D eigenvalue weighted by Gasteiger charge is -2.25. The number of rotatable bonds is 4. The van der Waals surface area contributed by atoms with E-state index in [0.29, 0.717) is 5.92 Å². The molecule has 1 aromatic heterocycles. The van der Waals surface area contributed by atoms with Crippen LogP contribution in [0.2, 0.25) is 0 Å². The average Bonchev–Trinajstić information content (AvgIpc) is 3.18. The highest BCUT2D eigenvalue weighted by Crippen LogP contribution is 2.39. The van der Waals surface area contributed by atoms with E-state index in [1.54, 1.807) is 4.68 Å². The quantitative estimate of drug-likeness (QED) is 0.907. The monoisotopic (exact) mass is 268 g/mol. The van der Waals surface area contributed by atoms with Crippen LogP contribution in [-0.2, 0) is 6.42 Å². The van der Waals surface area contributed by atoms with Gasteiger partial charge >= 0.3 is 0 Å². The molecule has 2 aromatic rings. The number of aromatic nitrogens is 2. The molecule has 1 aromatic carbocycles. The molecular weight excluding hydrogens is 248 g/mol. The van der Waals surface area contributed by atoms with Crippen molar-refractivity contribution in [1.29, 1.82) is 0 Å². The first-order chi connectivity index (χ1) is 9.83. The number of H-pyrrole nitrogens is 1. The van der Waals surface area contributed by atoms with E-state index in [1.165, 1.54) is 37.8 Å². The Labute approximate surface area is 118 Å². The number of hydrogen-bond donors (Lipinski definition) is 1. The van der Waals surface area contributed by atoms with E-state index < -0.39 is 0 Å². The molecular formula is C17H20N2O. The maximum Gasteiger partial charge on any atom is 0.274 e. The summed E-state index contributed by atoms with van der Waals surface area (Å²) in [4.78, 5) is 12.7. The average molecular weight is 268 g/mol. The fraction of sp³-hybridized carbons (Fsp3) is 0.471. The van der Waals surface area contributed by atoms with Gasteiger partial charge in [0, 0.05) is 17.2 Å². The number of benzene rings is 1. The van der Waals surface area contributed by atoms with Gasteiger partial charge in [0.05, 0.1) is 5.69 Å². The highest BCUT2D eigenvalue weighted by molar-refractivity contribution is 5.34. The molecule has 104 valence electrons. The van der Waals surface area contributed by atoms with Gasteiger partial charge in [0.15, 0.2) is 0 Å². The molecule has 2 aliphatic carbocycles. The van der Waals surface area contributed by atoms with E-state index in [9.17, 15) is 4.79 Å². The van der Waals surface area contributed by atoms with Crippen molar-refractivity contribution < 1.29 is 0 Å². The second kappa shape index (κ2) is 4.65. The molecule has 4 rings (SSSR count). The molecule has 0 atom stereocenters. The van der Waals surface area contributed by atoms with Crippen LogP contribution >= 0.6 is 0 Å². The standard InChI is InChI=1S/C17H20N2O/c20-17-15(11-12-9-10-12)16(13-5-4-6-13)18-19(17)14-7-2-1-3-8-14/h1-3,7-8,12-13,18H,4-6,9-11H2. The molecule has 2 saturated carbocycles. The van der Waals surface area contributed by atoms with Gasteiger partial charge in [-0.3, -0.25) is 9.89 Å². The first-order valence-corrected chi connectivity index (χ1v) is 7.72. The lowest BCUT2D eigenvalue weighted by molar-refractivity contribution is 0.406. The summed E-state index contributed by atoms with van der Waals surface area (Å²) < 4.78 is 1.74. The van der Waals surface area contributed by atoms with Gasteiger partial charge in [-0.15, -0.1) is 0 Å². The number of hydrogen-bond acceptors (Lipinski definition) is 1. The van der Waals surface area contributed by atoms with Gasteiger partial charge in [0.25, 0.3) is 5.56 Å². The fourth-order valence-electron chi connectivity index (χ4n) is 3.09. The third-order valence-corrected chi connectivity index (χ3v) is 4.74. The van der Waals surface area contributed by atoms with Gasteiger partial charge < -0.3 is 0 Å². The minimum Gasteiger partial charge on any atom is -0.294 e. The van der Waals surface area contributed by atoms with Crippen LogP contribution in [-0.4, -0.2) is 9.78 Å². The minimum atomic E-state index is 0.171. The lowest BCUT2D eigenvalue weighted by Crippen LogP contribution is -2.18. The van der Waals surface area contributed by atoms with Gasteiger partial charge in [-0.05, 0) is 50.2 Å². The summed E-state index contributed by atoms with van der Waals surface area (Å²) in [6.07, 6.45) is 7.31. The molecule has 2 aliphatic rings. The maximum atomic E-state index is 12.7. The normalized spacial score (nSPS) is 19.0. The Kier molecular flexibility index (Phi) is 2.79. The third kappa shape index (κ3) is 2.01. The Bertz CT molecular complexity index is 660. The van der Waals surface area contributed by atoms with Gasteiger partial charge in [-0.25, -0.2) is 4.68 Å². The Hall–Kier alpha value is -1.77. The van der Waals surface area contributed by atoms with E-state index in [4.69, 9.17) is 0 Å². The molecule has 1 heterocycles. The van der Waals surface area contributed by atoms with Crippen molar-refractivity contribution in [3.8, 4) is 5.69 Å². The van der Waals surface area contributed by atoms with Crippen molar-refractivity contribution in [3.05, 3.63) is 51.9 Å². The van der Waals surface area contributed by atoms with E-state index in [1.807, 2.05) is 30.3 Å². The molecule has 0 bridgehead atoms. The van der Waals surface area contributed by atoms with Crippen LogP contribution in [0.25, 0.3) is 5.69 Å². The van der Waals surface area contributed by atoms with Gasteiger partial charge in [0.1, 0.15) is 0 Å². The Morgan fingerprint density at radius 3 is 2.45 bits per heavy atom. The zero-order chi connectivity index (χ0) is 13.5. The SMILES string of the molecule is O=c1c(CC2CC2)c(C2CCC2)[nH]n1-c1ccccc1. The Morgan fingerprint density at radius 1 is 1.10 bits per heavy atom. The van der Waals surface area contributed by atoms with Crippen molar-refractivity contribution in [2.75, 3.05) is 0 Å². The predicted octanol–water partition coefficient (Wildman–Crippen LogP) is 3.39. The second-order valence-corrected chi connectivity index (χ2v) is 6.26. The van der Waals surface area contributed by atoms with Crippen molar-refractivity contribution in [2.24, 2.45) is 5.92 Å². The molecule has 0 spiro atoms. The molecule has 0 amide bonds. The first-order valence-electron chi connectivity index (χ1n) is 7.72. The van der Waals surface area contributed by atoms with Crippen LogP contribution in [0, 0.1) is 5.92 Å². The summed E-state index contributed by atoms with van der Waals surface area (Å²) in [6, 6.07) is 9.92. The lowest BCUT2D eigenvalue weighted by atomic mass is 9.81. The minimum absolute atomic E-state index is 0.171. The van der Waals surface area contributed by atoms with Crippen molar-refractivity contribution in [3.63, 3.8) is 0 Å². The molecule has 2 fully saturated rings. The maximum absolute atomic E-state index is 12.7. The largest absolute Gasteiger partial charge is 0.294 e. The number of nitrogens with one attached hydrogen (secondary N) is 1. The van der Waals surface area contributed by atoms with Crippen molar-refractivity contribution in [2.45, 2.75) is 44.4 Å². The Balaban J connectivity index is 1.79. The molecule has 0 radical (unpaired) electrons. The summed E-state index contributed by atoms with van der Waals surface area (Å²) >= 11 is 0. The van der Waals surface area contributed by atoms with Crippen molar-refractivity contribution >= 4 is 0 Å². The second-order valence-electron chi connectivity index (χ2n) is 6.26. The highest BCUT2D eigenvalue weighted by Gasteiger charge is 2.31. The molecule has 3 nitrogen and oxygen atoms in total. The van der Waals surface area contributed by atoms with Crippen LogP contribution in [0.15, 0.2) is 35.1 Å². The van der Waals surface area contributed by atoms with Gasteiger partial charge in [-0.2, -0.15) is 0 Å². The molecule has 0 saturated heterocycles. The topological polar surface area (TPSA) is 37.8 Å². The predicted molar refractivity (Wildman–Crippen MR) is 79.4 cm³/mol. The Morgan fingerprint density at radius 2 is 1.85 bits per heavy atom. The van der Waals surface area contributed by atoms with Gasteiger partial charge in [-0.1, -0.05) is 24.6 Å². The first kappa shape index (κ1) is 12.0.